The molecule has 0 radical (unpaired) electrons. The van der Waals surface area contributed by atoms with Crippen molar-refractivity contribution in [2.24, 2.45) is 0 Å². The Bertz CT molecular complexity index is 484. The van der Waals surface area contributed by atoms with E-state index in [1.54, 1.807) is 0 Å². The molecule has 0 saturated heterocycles. The van der Waals surface area contributed by atoms with Gasteiger partial charge in [-0.1, -0.05) is 23.8 Å². The molecule has 0 bridgehead atoms. The van der Waals surface area contributed by atoms with Gasteiger partial charge in [-0.05, 0) is 31.4 Å². The molecule has 0 aliphatic heterocycles. The van der Waals surface area contributed by atoms with Crippen molar-refractivity contribution >= 4 is 36.9 Å². The maximum absolute atomic E-state index is 9.77. The maximum Gasteiger partial charge on any atom is 0.224 e. The number of rotatable bonds is 3. The minimum Gasteiger partial charge on any atom is -0.389 e. The van der Waals surface area contributed by atoms with Crippen LogP contribution in [0.25, 0.3) is 0 Å². The van der Waals surface area contributed by atoms with Crippen LogP contribution in [0.5, 0.6) is 0 Å². The highest BCUT2D eigenvalue weighted by molar-refractivity contribution is 7.57. The molecule has 1 aromatic heterocycles. The fraction of sp³-hybridized carbons (Fsp3) is 0.500. The molecule has 3 atom stereocenters. The second-order valence-electron chi connectivity index (χ2n) is 4.73. The number of nitrogens with zero attached hydrogens (tertiary/aromatic N) is 2. The van der Waals surface area contributed by atoms with E-state index in [0.717, 1.165) is 0 Å². The molecule has 2 N–H and O–H groups in total. The molecular formula is C12H16Cl2N3OP. The Morgan fingerprint density at radius 3 is 2.79 bits per heavy atom. The molecule has 7 heteroatoms. The predicted molar refractivity (Wildman–Crippen MR) is 81.8 cm³/mol. The van der Waals surface area contributed by atoms with Crippen molar-refractivity contribution in [1.29, 1.82) is 0 Å². The van der Waals surface area contributed by atoms with Crippen molar-refractivity contribution in [3.05, 3.63) is 28.7 Å². The van der Waals surface area contributed by atoms with Crippen molar-refractivity contribution in [1.82, 2.24) is 9.97 Å². The number of aromatic nitrogens is 2. The summed E-state index contributed by atoms with van der Waals surface area (Å²) in [6.45, 7) is 4.43. The summed E-state index contributed by atoms with van der Waals surface area (Å²) in [7, 11) is -0.170. The number of halogens is 2. The van der Waals surface area contributed by atoms with Crippen molar-refractivity contribution in [3.8, 4) is 0 Å². The average Bonchev–Trinajstić information content (AvgIpc) is 2.33. The number of hydrogen-bond donors (Lipinski definition) is 2. The van der Waals surface area contributed by atoms with Gasteiger partial charge in [0.25, 0.3) is 0 Å². The van der Waals surface area contributed by atoms with E-state index >= 15 is 0 Å². The smallest absolute Gasteiger partial charge is 0.224 e. The maximum atomic E-state index is 9.77. The predicted octanol–water partition coefficient (Wildman–Crippen LogP) is 2.99. The van der Waals surface area contributed by atoms with Gasteiger partial charge in [0.05, 0.1) is 12.3 Å². The molecule has 0 spiro atoms. The summed E-state index contributed by atoms with van der Waals surface area (Å²) in [5.41, 5.74) is 0.378. The third kappa shape index (κ3) is 3.79. The molecule has 1 heterocycles. The van der Waals surface area contributed by atoms with Crippen LogP contribution >= 0.6 is 31.1 Å². The number of anilines is 1. The van der Waals surface area contributed by atoms with Crippen LogP contribution in [-0.4, -0.2) is 46.2 Å². The first-order valence-electron chi connectivity index (χ1n) is 5.94. The molecule has 104 valence electrons. The lowest BCUT2D eigenvalue weighted by Crippen LogP contribution is -2.37. The van der Waals surface area contributed by atoms with Crippen LogP contribution in [0, 0.1) is 0 Å². The Hall–Kier alpha value is -0.410. The molecule has 1 aromatic rings. The Morgan fingerprint density at radius 2 is 2.11 bits per heavy atom. The van der Waals surface area contributed by atoms with E-state index in [-0.39, 0.29) is 19.2 Å². The molecule has 2 unspecified atom stereocenters. The Labute approximate surface area is 124 Å². The molecule has 1 aliphatic rings. The zero-order valence-corrected chi connectivity index (χ0v) is 13.1. The van der Waals surface area contributed by atoms with Gasteiger partial charge in [0, 0.05) is 11.7 Å². The van der Waals surface area contributed by atoms with Crippen LogP contribution < -0.4 is 5.32 Å². The van der Waals surface area contributed by atoms with Gasteiger partial charge >= 0.3 is 0 Å². The summed E-state index contributed by atoms with van der Waals surface area (Å²) in [5.74, 6) is 0.524. The monoisotopic (exact) mass is 319 g/mol. The number of hydrogen-bond acceptors (Lipinski definition) is 4. The fourth-order valence-electron chi connectivity index (χ4n) is 2.15. The molecule has 0 fully saturated rings. The van der Waals surface area contributed by atoms with E-state index in [2.05, 4.69) is 34.7 Å². The van der Waals surface area contributed by atoms with Crippen LogP contribution in [0.3, 0.4) is 0 Å². The number of aliphatic hydroxyl groups excluding tert-OH is 1. The lowest BCUT2D eigenvalue weighted by atomic mass is 9.99. The van der Waals surface area contributed by atoms with E-state index in [4.69, 9.17) is 23.2 Å². The van der Waals surface area contributed by atoms with Gasteiger partial charge in [-0.15, -0.1) is 7.92 Å². The minimum absolute atomic E-state index is 0.101. The zero-order chi connectivity index (χ0) is 14.0. The molecule has 2 rings (SSSR count). The largest absolute Gasteiger partial charge is 0.389 e. The van der Waals surface area contributed by atoms with Crippen LogP contribution in [0.15, 0.2) is 18.3 Å². The van der Waals surface area contributed by atoms with Gasteiger partial charge in [0.15, 0.2) is 0 Å². The second kappa shape index (κ2) is 6.36. The first kappa shape index (κ1) is 15.0. The van der Waals surface area contributed by atoms with Crippen LogP contribution in [0.1, 0.15) is 6.42 Å². The van der Waals surface area contributed by atoms with Gasteiger partial charge in [0.1, 0.15) is 10.8 Å². The van der Waals surface area contributed by atoms with Crippen LogP contribution in [0.4, 0.5) is 5.82 Å². The summed E-state index contributed by atoms with van der Waals surface area (Å²) in [6, 6.07) is 0.101. The van der Waals surface area contributed by atoms with Crippen molar-refractivity contribution in [3.63, 3.8) is 0 Å². The van der Waals surface area contributed by atoms with E-state index in [9.17, 15) is 5.11 Å². The fourth-order valence-corrected chi connectivity index (χ4v) is 3.79. The van der Waals surface area contributed by atoms with Gasteiger partial charge < -0.3 is 10.4 Å². The second-order valence-corrected chi connectivity index (χ2v) is 8.00. The van der Waals surface area contributed by atoms with E-state index in [0.29, 0.717) is 22.9 Å². The highest BCUT2D eigenvalue weighted by atomic mass is 35.5. The van der Waals surface area contributed by atoms with Gasteiger partial charge in [-0.25, -0.2) is 4.98 Å². The zero-order valence-electron chi connectivity index (χ0n) is 10.7. The molecule has 0 amide bonds. The summed E-state index contributed by atoms with van der Waals surface area (Å²) < 4.78 is 0. The van der Waals surface area contributed by atoms with Crippen LogP contribution in [0.2, 0.25) is 10.3 Å². The highest BCUT2D eigenvalue weighted by Gasteiger charge is 2.28. The topological polar surface area (TPSA) is 58.0 Å². The molecular weight excluding hydrogens is 304 g/mol. The number of aliphatic hydroxyl groups is 1. The first-order valence-corrected chi connectivity index (χ1v) is 9.01. The average molecular weight is 320 g/mol. The molecule has 0 saturated carbocycles. The van der Waals surface area contributed by atoms with E-state index in [1.807, 2.05) is 6.08 Å². The SMILES string of the molecule is CP(C)C1C=C[C@H](O)CC1Nc1nc(Cl)ncc1Cl. The van der Waals surface area contributed by atoms with Crippen molar-refractivity contribution in [2.45, 2.75) is 24.2 Å². The van der Waals surface area contributed by atoms with Gasteiger partial charge in [-0.3, -0.25) is 0 Å². The Balaban J connectivity index is 2.20. The van der Waals surface area contributed by atoms with Crippen LogP contribution in [-0.2, 0) is 0 Å². The third-order valence-corrected chi connectivity index (χ3v) is 5.25. The minimum atomic E-state index is -0.431. The Morgan fingerprint density at radius 1 is 1.37 bits per heavy atom. The van der Waals surface area contributed by atoms with E-state index in [1.165, 1.54) is 6.20 Å². The van der Waals surface area contributed by atoms with Crippen molar-refractivity contribution < 1.29 is 5.11 Å². The standard InChI is InChI=1S/C12H16Cl2N3OP/c1-19(2)10-4-3-7(18)5-9(10)16-11-8(13)6-15-12(14)17-11/h3-4,6-7,9-10,18H,5H2,1-2H3,(H,15,16,17)/t7-,9?,10?/m0/s1. The molecule has 19 heavy (non-hydrogen) atoms. The summed E-state index contributed by atoms with van der Waals surface area (Å²) in [6.07, 6.45) is 5.62. The van der Waals surface area contributed by atoms with E-state index < -0.39 is 6.10 Å². The molecule has 1 aliphatic carbocycles. The lowest BCUT2D eigenvalue weighted by molar-refractivity contribution is 0.200. The molecule has 0 aromatic carbocycles. The number of nitrogens with one attached hydrogen (secondary N) is 1. The highest BCUT2D eigenvalue weighted by Crippen LogP contribution is 2.40. The summed E-state index contributed by atoms with van der Waals surface area (Å²) in [5, 5.41) is 13.7. The summed E-state index contributed by atoms with van der Waals surface area (Å²) >= 11 is 11.8. The van der Waals surface area contributed by atoms with Crippen molar-refractivity contribution in [2.75, 3.05) is 18.6 Å². The van der Waals surface area contributed by atoms with Gasteiger partial charge in [0.2, 0.25) is 5.28 Å². The molecule has 4 nitrogen and oxygen atoms in total. The first-order chi connectivity index (χ1) is 8.97. The third-order valence-electron chi connectivity index (χ3n) is 3.07. The van der Waals surface area contributed by atoms with Gasteiger partial charge in [-0.2, -0.15) is 4.98 Å². The lowest BCUT2D eigenvalue weighted by Gasteiger charge is -2.33. The quantitative estimate of drug-likeness (QED) is 0.511. The normalized spacial score (nSPS) is 26.7. The summed E-state index contributed by atoms with van der Waals surface area (Å²) in [4.78, 5) is 7.92. The Kier molecular flexibility index (Phi) is 5.02.